The van der Waals surface area contributed by atoms with Crippen molar-refractivity contribution in [1.82, 2.24) is 10.4 Å². The van der Waals surface area contributed by atoms with E-state index in [0.29, 0.717) is 6.61 Å². The first kappa shape index (κ1) is 18.2. The van der Waals surface area contributed by atoms with Crippen LogP contribution < -0.4 is 5.32 Å². The second-order valence-corrected chi connectivity index (χ2v) is 8.09. The van der Waals surface area contributed by atoms with Crippen LogP contribution in [0.25, 0.3) is 0 Å². The van der Waals surface area contributed by atoms with Crippen LogP contribution >= 0.6 is 0 Å². The van der Waals surface area contributed by atoms with Gasteiger partial charge in [-0.15, -0.1) is 0 Å². The van der Waals surface area contributed by atoms with Crippen molar-refractivity contribution in [2.45, 2.75) is 91.0 Å². The molecule has 1 aliphatic heterocycles. The van der Waals surface area contributed by atoms with Crippen molar-refractivity contribution in [2.24, 2.45) is 0 Å². The Balaban J connectivity index is 2.75. The molecule has 0 radical (unpaired) electrons. The summed E-state index contributed by atoms with van der Waals surface area (Å²) < 4.78 is 5.36. The molecule has 21 heavy (non-hydrogen) atoms. The van der Waals surface area contributed by atoms with Gasteiger partial charge in [0.05, 0.1) is 6.61 Å². The van der Waals surface area contributed by atoms with Crippen molar-refractivity contribution in [3.05, 3.63) is 0 Å². The SMILES string of the molecule is CCON1C(C)(C)CC(NC(=O)OC(C)(C)C)CC1(C)C. The largest absolute Gasteiger partial charge is 0.444 e. The Labute approximate surface area is 129 Å². The van der Waals surface area contributed by atoms with Gasteiger partial charge in [0, 0.05) is 17.1 Å². The molecule has 0 bridgehead atoms. The Hall–Kier alpha value is -0.810. The Morgan fingerprint density at radius 1 is 1.19 bits per heavy atom. The average molecular weight is 300 g/mol. The van der Waals surface area contributed by atoms with E-state index in [2.05, 4.69) is 38.1 Å². The Kier molecular flexibility index (Phi) is 5.32. The van der Waals surface area contributed by atoms with E-state index in [1.54, 1.807) is 0 Å². The van der Waals surface area contributed by atoms with Gasteiger partial charge in [0.25, 0.3) is 0 Å². The average Bonchev–Trinajstić information content (AvgIpc) is 2.18. The van der Waals surface area contributed by atoms with E-state index in [1.165, 1.54) is 0 Å². The zero-order valence-electron chi connectivity index (χ0n) is 14.9. The number of piperidine rings is 1. The van der Waals surface area contributed by atoms with Gasteiger partial charge < -0.3 is 10.1 Å². The number of amides is 1. The highest BCUT2D eigenvalue weighted by Crippen LogP contribution is 2.38. The highest BCUT2D eigenvalue weighted by molar-refractivity contribution is 5.68. The third-order valence-electron chi connectivity index (χ3n) is 3.57. The molecule has 1 aliphatic rings. The minimum Gasteiger partial charge on any atom is -0.444 e. The molecule has 0 saturated carbocycles. The zero-order valence-corrected chi connectivity index (χ0v) is 14.9. The number of hydroxylamine groups is 2. The Morgan fingerprint density at radius 3 is 2.05 bits per heavy atom. The number of rotatable bonds is 3. The van der Waals surface area contributed by atoms with Crippen molar-refractivity contribution in [3.8, 4) is 0 Å². The van der Waals surface area contributed by atoms with Gasteiger partial charge in [-0.05, 0) is 68.2 Å². The molecule has 0 atom stereocenters. The zero-order chi connectivity index (χ0) is 16.5. The molecule has 1 rings (SSSR count). The van der Waals surface area contributed by atoms with E-state index < -0.39 is 5.60 Å². The molecule has 5 heteroatoms. The monoisotopic (exact) mass is 300 g/mol. The Morgan fingerprint density at radius 2 is 1.67 bits per heavy atom. The van der Waals surface area contributed by atoms with Crippen LogP contribution in [0.3, 0.4) is 0 Å². The lowest BCUT2D eigenvalue weighted by molar-refractivity contribution is -0.281. The van der Waals surface area contributed by atoms with Gasteiger partial charge in [0.1, 0.15) is 5.60 Å². The van der Waals surface area contributed by atoms with E-state index in [4.69, 9.17) is 9.57 Å². The summed E-state index contributed by atoms with van der Waals surface area (Å²) in [5, 5.41) is 5.08. The molecule has 0 aromatic carbocycles. The summed E-state index contributed by atoms with van der Waals surface area (Å²) in [6, 6.07) is 0.0848. The van der Waals surface area contributed by atoms with E-state index >= 15 is 0 Å². The summed E-state index contributed by atoms with van der Waals surface area (Å²) in [5.41, 5.74) is -0.754. The molecule has 0 aliphatic carbocycles. The first-order valence-electron chi connectivity index (χ1n) is 7.80. The van der Waals surface area contributed by atoms with Crippen molar-refractivity contribution in [2.75, 3.05) is 6.61 Å². The topological polar surface area (TPSA) is 50.8 Å². The number of hydrogen-bond donors (Lipinski definition) is 1. The van der Waals surface area contributed by atoms with Crippen LogP contribution in [0, 0.1) is 0 Å². The molecule has 1 heterocycles. The second-order valence-electron chi connectivity index (χ2n) is 8.09. The predicted molar refractivity (Wildman–Crippen MR) is 84.0 cm³/mol. The number of carbonyl (C=O) groups is 1. The summed E-state index contributed by atoms with van der Waals surface area (Å²) in [6.07, 6.45) is 1.31. The molecule has 5 nitrogen and oxygen atoms in total. The third-order valence-corrected chi connectivity index (χ3v) is 3.57. The van der Waals surface area contributed by atoms with Gasteiger partial charge >= 0.3 is 6.09 Å². The molecule has 1 amide bonds. The highest BCUT2D eigenvalue weighted by Gasteiger charge is 2.47. The van der Waals surface area contributed by atoms with Gasteiger partial charge in [0.15, 0.2) is 0 Å². The van der Waals surface area contributed by atoms with Crippen molar-refractivity contribution >= 4 is 6.09 Å². The third kappa shape index (κ3) is 5.15. The van der Waals surface area contributed by atoms with Crippen LogP contribution in [0.1, 0.15) is 68.2 Å². The van der Waals surface area contributed by atoms with Gasteiger partial charge in [-0.25, -0.2) is 4.79 Å². The molecule has 124 valence electrons. The normalized spacial score (nSPS) is 22.9. The fraction of sp³-hybridized carbons (Fsp3) is 0.938. The lowest BCUT2D eigenvalue weighted by atomic mass is 9.79. The lowest BCUT2D eigenvalue weighted by Crippen LogP contribution is -2.64. The fourth-order valence-electron chi connectivity index (χ4n) is 3.32. The number of carbonyl (C=O) groups excluding carboxylic acids is 1. The van der Waals surface area contributed by atoms with Crippen molar-refractivity contribution < 1.29 is 14.4 Å². The summed E-state index contributed by atoms with van der Waals surface area (Å²) >= 11 is 0. The Bertz CT molecular complexity index is 354. The summed E-state index contributed by atoms with van der Waals surface area (Å²) in [4.78, 5) is 17.8. The van der Waals surface area contributed by atoms with Crippen LogP contribution in [0.2, 0.25) is 0 Å². The number of nitrogens with zero attached hydrogens (tertiary/aromatic N) is 1. The van der Waals surface area contributed by atoms with Crippen molar-refractivity contribution in [1.29, 1.82) is 0 Å². The maximum absolute atomic E-state index is 12.0. The van der Waals surface area contributed by atoms with E-state index in [9.17, 15) is 4.79 Å². The van der Waals surface area contributed by atoms with Crippen LogP contribution in [0.5, 0.6) is 0 Å². The van der Waals surface area contributed by atoms with Crippen LogP contribution in [-0.4, -0.2) is 40.5 Å². The van der Waals surface area contributed by atoms with E-state index in [1.807, 2.05) is 27.7 Å². The molecule has 1 saturated heterocycles. The molecule has 0 spiro atoms. The second kappa shape index (κ2) is 6.13. The van der Waals surface area contributed by atoms with Gasteiger partial charge in [-0.3, -0.25) is 4.84 Å². The smallest absolute Gasteiger partial charge is 0.407 e. The van der Waals surface area contributed by atoms with Crippen molar-refractivity contribution in [3.63, 3.8) is 0 Å². The maximum Gasteiger partial charge on any atom is 0.407 e. The van der Waals surface area contributed by atoms with Gasteiger partial charge in [0.2, 0.25) is 0 Å². The van der Waals surface area contributed by atoms with Crippen LogP contribution in [-0.2, 0) is 9.57 Å². The minimum absolute atomic E-state index is 0.0848. The lowest BCUT2D eigenvalue weighted by Gasteiger charge is -2.53. The molecule has 1 N–H and O–H groups in total. The number of ether oxygens (including phenoxy) is 1. The highest BCUT2D eigenvalue weighted by atomic mass is 16.7. The molecule has 0 aromatic rings. The van der Waals surface area contributed by atoms with Crippen LogP contribution in [0.4, 0.5) is 4.79 Å². The predicted octanol–water partition coefficient (Wildman–Crippen LogP) is 3.48. The van der Waals surface area contributed by atoms with E-state index in [0.717, 1.165) is 12.8 Å². The summed E-state index contributed by atoms with van der Waals surface area (Å²) in [5.74, 6) is 0. The quantitative estimate of drug-likeness (QED) is 0.867. The molecular formula is C16H32N2O3. The number of nitrogens with one attached hydrogen (secondary N) is 1. The summed E-state index contributed by atoms with van der Waals surface area (Å²) in [7, 11) is 0. The minimum atomic E-state index is -0.471. The number of hydrogen-bond acceptors (Lipinski definition) is 4. The first-order valence-corrected chi connectivity index (χ1v) is 7.80. The van der Waals surface area contributed by atoms with E-state index in [-0.39, 0.29) is 23.2 Å². The maximum atomic E-state index is 12.0. The molecule has 1 fully saturated rings. The number of alkyl carbamates (subject to hydrolysis) is 1. The standard InChI is InChI=1S/C16H32N2O3/c1-9-20-18-15(5,6)10-12(11-16(18,7)8)17-13(19)21-14(2,3)4/h12H,9-11H2,1-8H3,(H,17,19). The summed E-state index contributed by atoms with van der Waals surface area (Å²) in [6.45, 7) is 16.9. The molecule has 0 aromatic heterocycles. The molecular weight excluding hydrogens is 268 g/mol. The van der Waals surface area contributed by atoms with Gasteiger partial charge in [-0.1, -0.05) is 0 Å². The molecule has 0 unspecified atom stereocenters. The fourth-order valence-corrected chi connectivity index (χ4v) is 3.32. The van der Waals surface area contributed by atoms with Crippen LogP contribution in [0.15, 0.2) is 0 Å². The van der Waals surface area contributed by atoms with Gasteiger partial charge in [-0.2, -0.15) is 5.06 Å². The first-order chi connectivity index (χ1) is 9.37.